The van der Waals surface area contributed by atoms with E-state index < -0.39 is 30.6 Å². The average molecular weight is 318 g/mol. The molecule has 7 heteroatoms. The van der Waals surface area contributed by atoms with Gasteiger partial charge in [0.1, 0.15) is 24.1 Å². The van der Waals surface area contributed by atoms with E-state index in [9.17, 15) is 9.90 Å². The Kier molecular flexibility index (Phi) is 9.08. The van der Waals surface area contributed by atoms with Crippen LogP contribution in [0.3, 0.4) is 0 Å². The predicted octanol–water partition coefficient (Wildman–Crippen LogP) is -0.0707. The maximum atomic E-state index is 11.2. The van der Waals surface area contributed by atoms with E-state index in [1.165, 1.54) is 7.11 Å². The van der Waals surface area contributed by atoms with E-state index >= 15 is 0 Å². The molecule has 0 amide bonds. The van der Waals surface area contributed by atoms with E-state index in [0.717, 1.165) is 19.3 Å². The largest absolute Gasteiger partial charge is 0.388 e. The van der Waals surface area contributed by atoms with Crippen LogP contribution in [0.4, 0.5) is 0 Å². The lowest BCUT2D eigenvalue weighted by atomic mass is 9.97. The quantitative estimate of drug-likeness (QED) is 0.483. The van der Waals surface area contributed by atoms with Crippen LogP contribution in [0.15, 0.2) is 0 Å². The third-order valence-electron chi connectivity index (χ3n) is 3.99. The minimum Gasteiger partial charge on any atom is -0.388 e. The van der Waals surface area contributed by atoms with Crippen LogP contribution in [0.5, 0.6) is 0 Å². The van der Waals surface area contributed by atoms with Crippen LogP contribution in [-0.2, 0) is 19.0 Å². The van der Waals surface area contributed by atoms with Crippen molar-refractivity contribution in [3.63, 3.8) is 0 Å². The van der Waals surface area contributed by atoms with Crippen LogP contribution in [0, 0.1) is 0 Å². The highest BCUT2D eigenvalue weighted by Crippen LogP contribution is 2.22. The lowest BCUT2D eigenvalue weighted by Crippen LogP contribution is -2.63. The molecule has 5 atom stereocenters. The Balaban J connectivity index is 2.32. The zero-order chi connectivity index (χ0) is 16.5. The van der Waals surface area contributed by atoms with E-state index in [1.807, 2.05) is 6.92 Å². The van der Waals surface area contributed by atoms with Gasteiger partial charge in [-0.25, -0.2) is 0 Å². The van der Waals surface area contributed by atoms with Crippen molar-refractivity contribution >= 4 is 5.78 Å². The van der Waals surface area contributed by atoms with Crippen molar-refractivity contribution in [2.24, 2.45) is 11.5 Å². The Morgan fingerprint density at radius 3 is 2.64 bits per heavy atom. The van der Waals surface area contributed by atoms with Gasteiger partial charge >= 0.3 is 0 Å². The van der Waals surface area contributed by atoms with Gasteiger partial charge in [-0.1, -0.05) is 13.3 Å². The summed E-state index contributed by atoms with van der Waals surface area (Å²) in [6.45, 7) is 2.57. The number of unbranched alkanes of at least 4 members (excludes halogenated alkanes) is 2. The van der Waals surface area contributed by atoms with Crippen molar-refractivity contribution in [3.05, 3.63) is 0 Å². The SMILES string of the molecule is CCC(=O)CCCCCOC1C(CN)OC(OC)C(N)C1O. The second-order valence-corrected chi connectivity index (χ2v) is 5.62. The molecule has 130 valence electrons. The smallest absolute Gasteiger partial charge is 0.175 e. The molecule has 1 heterocycles. The van der Waals surface area contributed by atoms with Crippen LogP contribution in [0.2, 0.25) is 0 Å². The van der Waals surface area contributed by atoms with Gasteiger partial charge in [0, 0.05) is 33.1 Å². The Labute approximate surface area is 132 Å². The van der Waals surface area contributed by atoms with Crippen molar-refractivity contribution in [3.8, 4) is 0 Å². The molecule has 0 bridgehead atoms. The molecule has 1 rings (SSSR count). The summed E-state index contributed by atoms with van der Waals surface area (Å²) in [6, 6.07) is -0.667. The van der Waals surface area contributed by atoms with E-state index in [4.69, 9.17) is 25.7 Å². The number of aliphatic hydroxyl groups excluding tert-OH is 1. The summed E-state index contributed by atoms with van der Waals surface area (Å²) in [7, 11) is 1.48. The van der Waals surface area contributed by atoms with Gasteiger partial charge in [-0.05, 0) is 12.8 Å². The molecule has 0 radical (unpaired) electrons. The number of nitrogens with two attached hydrogens (primary N) is 2. The van der Waals surface area contributed by atoms with E-state index in [2.05, 4.69) is 0 Å². The normalized spacial score (nSPS) is 32.1. The number of ketones is 1. The fourth-order valence-electron chi connectivity index (χ4n) is 2.55. The standard InChI is InChI=1S/C15H30N2O5/c1-3-10(18)7-5-4-6-8-21-14-11(9-16)22-15(20-2)12(17)13(14)19/h11-15,19H,3-9,16-17H2,1-2H3. The molecule has 22 heavy (non-hydrogen) atoms. The Hall–Kier alpha value is -0.570. The van der Waals surface area contributed by atoms with Crippen molar-refractivity contribution in [2.45, 2.75) is 69.7 Å². The highest BCUT2D eigenvalue weighted by atomic mass is 16.7. The minimum absolute atomic E-state index is 0.222. The van der Waals surface area contributed by atoms with Crippen molar-refractivity contribution in [2.75, 3.05) is 20.3 Å². The lowest BCUT2D eigenvalue weighted by Gasteiger charge is -2.42. The summed E-state index contributed by atoms with van der Waals surface area (Å²) in [5.74, 6) is 0.289. The number of ether oxygens (including phenoxy) is 3. The highest BCUT2D eigenvalue weighted by molar-refractivity contribution is 5.77. The predicted molar refractivity (Wildman–Crippen MR) is 82.2 cm³/mol. The van der Waals surface area contributed by atoms with Crippen LogP contribution in [-0.4, -0.2) is 61.8 Å². The lowest BCUT2D eigenvalue weighted by molar-refractivity contribution is -0.258. The van der Waals surface area contributed by atoms with Gasteiger partial charge in [0.15, 0.2) is 6.29 Å². The molecule has 0 aliphatic carbocycles. The molecule has 7 nitrogen and oxygen atoms in total. The molecule has 5 unspecified atom stereocenters. The van der Waals surface area contributed by atoms with Gasteiger partial charge in [0.2, 0.25) is 0 Å². The van der Waals surface area contributed by atoms with E-state index in [0.29, 0.717) is 19.4 Å². The first kappa shape index (κ1) is 19.5. The number of carbonyl (C=O) groups excluding carboxylic acids is 1. The molecule has 0 saturated carbocycles. The minimum atomic E-state index is -0.881. The number of hydrogen-bond acceptors (Lipinski definition) is 7. The van der Waals surface area contributed by atoms with Crippen molar-refractivity contribution in [1.29, 1.82) is 0 Å². The van der Waals surface area contributed by atoms with Crippen LogP contribution < -0.4 is 11.5 Å². The summed E-state index contributed by atoms with van der Waals surface area (Å²) >= 11 is 0. The van der Waals surface area contributed by atoms with E-state index in [-0.39, 0.29) is 12.3 Å². The summed E-state index contributed by atoms with van der Waals surface area (Å²) in [5, 5.41) is 10.2. The molecular weight excluding hydrogens is 288 g/mol. The Bertz CT molecular complexity index is 327. The molecule has 0 aromatic carbocycles. The highest BCUT2D eigenvalue weighted by Gasteiger charge is 2.43. The molecule has 0 aromatic heterocycles. The van der Waals surface area contributed by atoms with Crippen LogP contribution in [0.25, 0.3) is 0 Å². The first-order chi connectivity index (χ1) is 10.5. The second kappa shape index (κ2) is 10.3. The average Bonchev–Trinajstić information content (AvgIpc) is 2.54. The Morgan fingerprint density at radius 2 is 2.05 bits per heavy atom. The molecule has 1 aliphatic heterocycles. The van der Waals surface area contributed by atoms with E-state index in [1.54, 1.807) is 0 Å². The third kappa shape index (κ3) is 5.57. The number of hydrogen-bond donors (Lipinski definition) is 3. The fraction of sp³-hybridized carbons (Fsp3) is 0.933. The topological polar surface area (TPSA) is 117 Å². The van der Waals surface area contributed by atoms with Gasteiger partial charge in [0.05, 0.1) is 6.04 Å². The van der Waals surface area contributed by atoms with Crippen LogP contribution in [0.1, 0.15) is 39.0 Å². The first-order valence-electron chi connectivity index (χ1n) is 8.00. The first-order valence-corrected chi connectivity index (χ1v) is 8.00. The molecule has 1 aliphatic rings. The molecule has 1 fully saturated rings. The zero-order valence-corrected chi connectivity index (χ0v) is 13.6. The number of rotatable bonds is 10. The molecule has 0 aromatic rings. The van der Waals surface area contributed by atoms with Gasteiger partial charge in [0.25, 0.3) is 0 Å². The maximum Gasteiger partial charge on any atom is 0.175 e. The molecular formula is C15H30N2O5. The summed E-state index contributed by atoms with van der Waals surface area (Å²) in [5.41, 5.74) is 11.6. The van der Waals surface area contributed by atoms with Gasteiger partial charge in [-0.3, -0.25) is 4.79 Å². The second-order valence-electron chi connectivity index (χ2n) is 5.62. The maximum absolute atomic E-state index is 11.2. The number of Topliss-reactive ketones (excluding diaryl/α,β-unsaturated/α-hetero) is 1. The third-order valence-corrected chi connectivity index (χ3v) is 3.99. The van der Waals surface area contributed by atoms with Crippen LogP contribution >= 0.6 is 0 Å². The van der Waals surface area contributed by atoms with Gasteiger partial charge in [-0.2, -0.15) is 0 Å². The summed E-state index contributed by atoms with van der Waals surface area (Å²) < 4.78 is 16.4. The monoisotopic (exact) mass is 318 g/mol. The van der Waals surface area contributed by atoms with Gasteiger partial charge in [-0.15, -0.1) is 0 Å². The fourth-order valence-corrected chi connectivity index (χ4v) is 2.55. The number of aliphatic hydroxyl groups is 1. The summed E-state index contributed by atoms with van der Waals surface area (Å²) in [4.78, 5) is 11.2. The molecule has 0 spiro atoms. The van der Waals surface area contributed by atoms with Crippen molar-refractivity contribution < 1.29 is 24.1 Å². The Morgan fingerprint density at radius 1 is 1.32 bits per heavy atom. The number of methoxy groups -OCH3 is 1. The van der Waals surface area contributed by atoms with Crippen molar-refractivity contribution in [1.82, 2.24) is 0 Å². The molecule has 5 N–H and O–H groups in total. The molecule has 1 saturated heterocycles. The number of carbonyl (C=O) groups is 1. The zero-order valence-electron chi connectivity index (χ0n) is 13.6. The van der Waals surface area contributed by atoms with Gasteiger partial charge < -0.3 is 30.8 Å². The summed E-state index contributed by atoms with van der Waals surface area (Å²) in [6.07, 6.45) is 1.26.